The maximum Gasteiger partial charge on any atom is 0.270 e. The van der Waals surface area contributed by atoms with Crippen LogP contribution < -0.4 is 19.9 Å². The molecule has 0 spiro atoms. The molecule has 0 radical (unpaired) electrons. The van der Waals surface area contributed by atoms with Crippen molar-refractivity contribution >= 4 is 23.2 Å². The Morgan fingerprint density at radius 3 is 2.50 bits per heavy atom. The lowest BCUT2D eigenvalue weighted by Gasteiger charge is -2.18. The molecule has 0 aliphatic carbocycles. The van der Waals surface area contributed by atoms with Gasteiger partial charge in [0.05, 0.1) is 31.2 Å². The molecular formula is C21H20N2O5. The molecule has 2 aromatic rings. The molecule has 144 valence electrons. The molecule has 0 saturated carbocycles. The number of amides is 2. The Balaban J connectivity index is 1.84. The average molecular weight is 380 g/mol. The predicted octanol–water partition coefficient (Wildman–Crippen LogP) is 2.51. The largest absolute Gasteiger partial charge is 0.497 e. The van der Waals surface area contributed by atoms with Gasteiger partial charge >= 0.3 is 0 Å². The maximum absolute atomic E-state index is 13.2. The molecule has 2 aliphatic heterocycles. The molecule has 1 saturated heterocycles. The molecule has 2 aliphatic rings. The minimum absolute atomic E-state index is 0.261. The third-order valence-corrected chi connectivity index (χ3v) is 4.96. The molecule has 1 atom stereocenters. The van der Waals surface area contributed by atoms with Gasteiger partial charge in [-0.1, -0.05) is 17.7 Å². The van der Waals surface area contributed by atoms with E-state index in [0.717, 1.165) is 11.1 Å². The van der Waals surface area contributed by atoms with Crippen LogP contribution in [0.4, 0.5) is 5.69 Å². The molecule has 7 nitrogen and oxygen atoms in total. The molecule has 0 bridgehead atoms. The van der Waals surface area contributed by atoms with Gasteiger partial charge in [0.15, 0.2) is 6.10 Å². The number of nitrogens with one attached hydrogen (secondary N) is 1. The number of hydrogen-bond acceptors (Lipinski definition) is 6. The standard InChI is InChI=1S/C21H20N2O5/c1-11-5-7-15(12(2)9-11)23-20(24)17-18(22-28-19(17)21(23)25)14-10-13(26-3)6-8-16(14)27-4/h5-10,19,22H,1-4H3/t19-/m0/s1. The summed E-state index contributed by atoms with van der Waals surface area (Å²) in [6.07, 6.45) is -1.00. The van der Waals surface area contributed by atoms with Gasteiger partial charge in [0, 0.05) is 5.56 Å². The van der Waals surface area contributed by atoms with Crippen LogP contribution in [-0.4, -0.2) is 32.1 Å². The lowest BCUT2D eigenvalue weighted by atomic mass is 10.0. The summed E-state index contributed by atoms with van der Waals surface area (Å²) >= 11 is 0. The van der Waals surface area contributed by atoms with Crippen LogP contribution in [0.5, 0.6) is 11.5 Å². The van der Waals surface area contributed by atoms with E-state index in [1.165, 1.54) is 12.0 Å². The lowest BCUT2D eigenvalue weighted by Crippen LogP contribution is -2.34. The fourth-order valence-corrected chi connectivity index (χ4v) is 3.59. The number of benzene rings is 2. The fraction of sp³-hybridized carbons (Fsp3) is 0.238. The summed E-state index contributed by atoms with van der Waals surface area (Å²) in [4.78, 5) is 32.8. The molecule has 1 fully saturated rings. The lowest BCUT2D eigenvalue weighted by molar-refractivity contribution is -0.127. The second kappa shape index (κ2) is 6.69. The first-order valence-electron chi connectivity index (χ1n) is 8.80. The molecule has 28 heavy (non-hydrogen) atoms. The first kappa shape index (κ1) is 18.1. The Hall–Kier alpha value is -3.32. The summed E-state index contributed by atoms with van der Waals surface area (Å²) in [5, 5.41) is 0. The average Bonchev–Trinajstić information content (AvgIpc) is 3.22. The van der Waals surface area contributed by atoms with E-state index < -0.39 is 17.9 Å². The van der Waals surface area contributed by atoms with Gasteiger partial charge in [-0.25, -0.2) is 4.90 Å². The van der Waals surface area contributed by atoms with Gasteiger partial charge in [-0.3, -0.25) is 19.9 Å². The number of carbonyl (C=O) groups excluding carboxylic acids is 2. The quantitative estimate of drug-likeness (QED) is 0.822. The number of hydrogen-bond donors (Lipinski definition) is 1. The molecule has 0 aromatic heterocycles. The third-order valence-electron chi connectivity index (χ3n) is 4.96. The molecule has 0 unspecified atom stereocenters. The van der Waals surface area contributed by atoms with Gasteiger partial charge in [0.2, 0.25) is 0 Å². The van der Waals surface area contributed by atoms with E-state index in [9.17, 15) is 9.59 Å². The number of carbonyl (C=O) groups is 2. The van der Waals surface area contributed by atoms with Crippen molar-refractivity contribution in [3.8, 4) is 11.5 Å². The van der Waals surface area contributed by atoms with Gasteiger partial charge in [-0.2, -0.15) is 0 Å². The highest BCUT2D eigenvalue weighted by molar-refractivity contribution is 6.33. The van der Waals surface area contributed by atoms with Crippen LogP contribution >= 0.6 is 0 Å². The Morgan fingerprint density at radius 2 is 1.82 bits per heavy atom. The SMILES string of the molecule is COc1ccc(OC)c(C2=C3C(=O)N(c4ccc(C)cc4C)C(=O)[C@H]3ON2)c1. The second-order valence-corrected chi connectivity index (χ2v) is 6.72. The summed E-state index contributed by atoms with van der Waals surface area (Å²) in [6.45, 7) is 3.83. The zero-order valence-corrected chi connectivity index (χ0v) is 16.0. The van der Waals surface area contributed by atoms with Gasteiger partial charge < -0.3 is 9.47 Å². The minimum Gasteiger partial charge on any atom is -0.497 e. The highest BCUT2D eigenvalue weighted by Gasteiger charge is 2.51. The Labute approximate surface area is 162 Å². The van der Waals surface area contributed by atoms with Crippen LogP contribution in [0.3, 0.4) is 0 Å². The van der Waals surface area contributed by atoms with E-state index in [4.69, 9.17) is 14.3 Å². The Kier molecular flexibility index (Phi) is 4.31. The zero-order chi connectivity index (χ0) is 20.0. The van der Waals surface area contributed by atoms with E-state index in [2.05, 4.69) is 5.48 Å². The van der Waals surface area contributed by atoms with Gasteiger partial charge in [-0.05, 0) is 43.7 Å². The molecule has 1 N–H and O–H groups in total. The number of nitrogens with zero attached hydrogens (tertiary/aromatic N) is 1. The second-order valence-electron chi connectivity index (χ2n) is 6.72. The number of ether oxygens (including phenoxy) is 2. The van der Waals surface area contributed by atoms with Crippen LogP contribution in [0.25, 0.3) is 5.70 Å². The van der Waals surface area contributed by atoms with Crippen LogP contribution in [0, 0.1) is 13.8 Å². The van der Waals surface area contributed by atoms with E-state index in [0.29, 0.717) is 28.4 Å². The van der Waals surface area contributed by atoms with E-state index in [1.54, 1.807) is 31.4 Å². The summed E-state index contributed by atoms with van der Waals surface area (Å²) in [5.41, 5.74) is 6.45. The monoisotopic (exact) mass is 380 g/mol. The van der Waals surface area contributed by atoms with Crippen molar-refractivity contribution < 1.29 is 23.9 Å². The van der Waals surface area contributed by atoms with Crippen molar-refractivity contribution in [2.75, 3.05) is 19.1 Å². The number of methoxy groups -OCH3 is 2. The number of anilines is 1. The van der Waals surface area contributed by atoms with E-state index in [1.807, 2.05) is 26.0 Å². The summed E-state index contributed by atoms with van der Waals surface area (Å²) in [5.74, 6) is 0.297. The predicted molar refractivity (Wildman–Crippen MR) is 103 cm³/mol. The Morgan fingerprint density at radius 1 is 1.04 bits per heavy atom. The van der Waals surface area contributed by atoms with Crippen molar-refractivity contribution in [1.29, 1.82) is 0 Å². The van der Waals surface area contributed by atoms with Gasteiger partial charge in [0.25, 0.3) is 11.8 Å². The number of imide groups is 1. The molecule has 7 heteroatoms. The zero-order valence-electron chi connectivity index (χ0n) is 16.0. The van der Waals surface area contributed by atoms with Crippen molar-refractivity contribution in [2.45, 2.75) is 20.0 Å². The van der Waals surface area contributed by atoms with E-state index in [-0.39, 0.29) is 5.57 Å². The van der Waals surface area contributed by atoms with Gasteiger partial charge in [-0.15, -0.1) is 0 Å². The van der Waals surface area contributed by atoms with E-state index >= 15 is 0 Å². The Bertz CT molecular complexity index is 1030. The van der Waals surface area contributed by atoms with Crippen LogP contribution in [0.1, 0.15) is 16.7 Å². The number of aryl methyl sites for hydroxylation is 2. The highest BCUT2D eigenvalue weighted by atomic mass is 16.7. The summed E-state index contributed by atoms with van der Waals surface area (Å²) in [7, 11) is 3.09. The van der Waals surface area contributed by atoms with Crippen molar-refractivity contribution in [3.63, 3.8) is 0 Å². The van der Waals surface area contributed by atoms with Gasteiger partial charge in [0.1, 0.15) is 11.5 Å². The topological polar surface area (TPSA) is 77.1 Å². The van der Waals surface area contributed by atoms with Crippen molar-refractivity contribution in [3.05, 3.63) is 58.7 Å². The molecule has 2 heterocycles. The van der Waals surface area contributed by atoms with Crippen LogP contribution in [0.2, 0.25) is 0 Å². The van der Waals surface area contributed by atoms with Crippen molar-refractivity contribution in [1.82, 2.24) is 5.48 Å². The molecular weight excluding hydrogens is 360 g/mol. The number of fused-ring (bicyclic) bond motifs is 1. The minimum atomic E-state index is -1.00. The normalized spacial score (nSPS) is 18.4. The molecule has 2 amide bonds. The summed E-state index contributed by atoms with van der Waals surface area (Å²) in [6, 6.07) is 10.8. The maximum atomic E-state index is 13.2. The highest BCUT2D eigenvalue weighted by Crippen LogP contribution is 2.40. The number of rotatable bonds is 4. The third kappa shape index (κ3) is 2.63. The molecule has 4 rings (SSSR count). The first-order chi connectivity index (χ1) is 13.5. The molecule has 2 aromatic carbocycles. The fourth-order valence-electron chi connectivity index (χ4n) is 3.59. The van der Waals surface area contributed by atoms with Crippen LogP contribution in [0.15, 0.2) is 42.0 Å². The smallest absolute Gasteiger partial charge is 0.270 e. The van der Waals surface area contributed by atoms with Crippen LogP contribution in [-0.2, 0) is 14.4 Å². The number of hydroxylamine groups is 1. The first-order valence-corrected chi connectivity index (χ1v) is 8.80. The van der Waals surface area contributed by atoms with Crippen molar-refractivity contribution in [2.24, 2.45) is 0 Å². The summed E-state index contributed by atoms with van der Waals surface area (Å²) < 4.78 is 10.7.